The third-order valence-electron chi connectivity index (χ3n) is 2.79. The molecule has 1 unspecified atom stereocenters. The van der Waals surface area contributed by atoms with E-state index in [0.29, 0.717) is 18.0 Å². The predicted molar refractivity (Wildman–Crippen MR) is 68.8 cm³/mol. The van der Waals surface area contributed by atoms with Gasteiger partial charge in [-0.3, -0.25) is 4.79 Å². The Kier molecular flexibility index (Phi) is 4.05. The van der Waals surface area contributed by atoms with Gasteiger partial charge in [-0.15, -0.1) is 11.6 Å². The molecule has 1 aromatic rings. The first-order valence-corrected chi connectivity index (χ1v) is 6.69. The number of amides is 1. The van der Waals surface area contributed by atoms with E-state index in [0.717, 1.165) is 12.8 Å². The Bertz CT molecular complexity index is 437. The highest BCUT2D eigenvalue weighted by molar-refractivity contribution is 9.10. The fourth-order valence-corrected chi connectivity index (χ4v) is 2.36. The number of nitrogens with one attached hydrogen (secondary N) is 1. The van der Waals surface area contributed by atoms with Gasteiger partial charge in [0.15, 0.2) is 0 Å². The Morgan fingerprint density at radius 1 is 1.59 bits per heavy atom. The zero-order valence-electron chi connectivity index (χ0n) is 9.05. The van der Waals surface area contributed by atoms with Crippen LogP contribution in [0.5, 0.6) is 0 Å². The fraction of sp³-hybridized carbons (Fsp3) is 0.417. The Morgan fingerprint density at radius 3 is 2.94 bits per heavy atom. The molecule has 1 fully saturated rings. The van der Waals surface area contributed by atoms with E-state index in [1.807, 2.05) is 0 Å². The van der Waals surface area contributed by atoms with Crippen molar-refractivity contribution in [2.75, 3.05) is 6.54 Å². The van der Waals surface area contributed by atoms with Gasteiger partial charge >= 0.3 is 0 Å². The molecule has 0 bridgehead atoms. The van der Waals surface area contributed by atoms with E-state index in [9.17, 15) is 9.18 Å². The van der Waals surface area contributed by atoms with Crippen LogP contribution in [0.25, 0.3) is 0 Å². The summed E-state index contributed by atoms with van der Waals surface area (Å²) in [6, 6.07) is 4.38. The Morgan fingerprint density at radius 2 is 2.29 bits per heavy atom. The van der Waals surface area contributed by atoms with Gasteiger partial charge in [0.2, 0.25) is 0 Å². The van der Waals surface area contributed by atoms with E-state index in [1.54, 1.807) is 6.07 Å². The maximum absolute atomic E-state index is 13.2. The Hall–Kier alpha value is -0.610. The minimum atomic E-state index is -0.442. The lowest BCUT2D eigenvalue weighted by Crippen LogP contribution is -2.30. The van der Waals surface area contributed by atoms with Crippen molar-refractivity contribution in [1.29, 1.82) is 0 Å². The van der Waals surface area contributed by atoms with Crippen LogP contribution in [0.3, 0.4) is 0 Å². The van der Waals surface area contributed by atoms with Crippen molar-refractivity contribution in [1.82, 2.24) is 5.32 Å². The van der Waals surface area contributed by atoms with Crippen LogP contribution in [0.1, 0.15) is 23.2 Å². The van der Waals surface area contributed by atoms with Crippen LogP contribution in [0.4, 0.5) is 4.39 Å². The smallest absolute Gasteiger partial charge is 0.252 e. The third-order valence-corrected chi connectivity index (χ3v) is 4.10. The molecule has 0 radical (unpaired) electrons. The molecule has 1 saturated carbocycles. The van der Waals surface area contributed by atoms with Crippen LogP contribution in [0.15, 0.2) is 22.7 Å². The molecule has 17 heavy (non-hydrogen) atoms. The highest BCUT2D eigenvalue weighted by Gasteiger charge is 2.29. The predicted octanol–water partition coefficient (Wildman–Crippen LogP) is 3.34. The molecule has 2 nitrogen and oxygen atoms in total. The van der Waals surface area contributed by atoms with Gasteiger partial charge in [0, 0.05) is 6.54 Å². The highest BCUT2D eigenvalue weighted by atomic mass is 79.9. The lowest BCUT2D eigenvalue weighted by Gasteiger charge is -2.10. The van der Waals surface area contributed by atoms with Gasteiger partial charge in [0.1, 0.15) is 5.82 Å². The molecule has 1 atom stereocenters. The molecule has 0 aliphatic heterocycles. The molecule has 0 saturated heterocycles. The number of carbonyl (C=O) groups excluding carboxylic acids is 1. The molecule has 2 rings (SSSR count). The number of carbonyl (C=O) groups is 1. The lowest BCUT2D eigenvalue weighted by atomic mass is 10.2. The SMILES string of the molecule is O=C(NCC(Cl)C1CC1)c1cccc(F)c1Br. The van der Waals surface area contributed by atoms with Gasteiger partial charge in [0.05, 0.1) is 15.4 Å². The molecule has 1 aromatic carbocycles. The van der Waals surface area contributed by atoms with E-state index in [4.69, 9.17) is 11.6 Å². The van der Waals surface area contributed by atoms with Crippen molar-refractivity contribution in [2.45, 2.75) is 18.2 Å². The molecule has 0 heterocycles. The van der Waals surface area contributed by atoms with Crippen molar-refractivity contribution in [2.24, 2.45) is 5.92 Å². The molecule has 0 spiro atoms. The average molecular weight is 321 g/mol. The first kappa shape index (κ1) is 12.8. The monoisotopic (exact) mass is 319 g/mol. The van der Waals surface area contributed by atoms with Crippen LogP contribution in [0, 0.1) is 11.7 Å². The second-order valence-corrected chi connectivity index (χ2v) is 5.52. The molecule has 92 valence electrons. The van der Waals surface area contributed by atoms with Crippen molar-refractivity contribution in [3.05, 3.63) is 34.1 Å². The zero-order valence-corrected chi connectivity index (χ0v) is 11.4. The fourth-order valence-electron chi connectivity index (χ4n) is 1.59. The summed E-state index contributed by atoms with van der Waals surface area (Å²) in [6.45, 7) is 0.425. The molecule has 5 heteroatoms. The average Bonchev–Trinajstić information content (AvgIpc) is 3.13. The number of alkyl halides is 1. The number of rotatable bonds is 4. The van der Waals surface area contributed by atoms with Gasteiger partial charge in [-0.25, -0.2) is 4.39 Å². The topological polar surface area (TPSA) is 29.1 Å². The van der Waals surface area contributed by atoms with E-state index < -0.39 is 5.82 Å². The normalized spacial score (nSPS) is 16.6. The van der Waals surface area contributed by atoms with Gasteiger partial charge in [-0.2, -0.15) is 0 Å². The van der Waals surface area contributed by atoms with Gasteiger partial charge in [-0.05, 0) is 46.8 Å². The standard InChI is InChI=1S/C12H12BrClFNO/c13-11-8(2-1-3-10(11)15)12(17)16-6-9(14)7-4-5-7/h1-3,7,9H,4-6H2,(H,16,17). The van der Waals surface area contributed by atoms with Crippen molar-refractivity contribution < 1.29 is 9.18 Å². The number of hydrogen-bond acceptors (Lipinski definition) is 1. The first-order valence-electron chi connectivity index (χ1n) is 5.46. The summed E-state index contributed by atoms with van der Waals surface area (Å²) >= 11 is 9.14. The van der Waals surface area contributed by atoms with E-state index in [2.05, 4.69) is 21.2 Å². The van der Waals surface area contributed by atoms with Crippen LogP contribution in [-0.2, 0) is 0 Å². The molecular formula is C12H12BrClFNO. The van der Waals surface area contributed by atoms with E-state index >= 15 is 0 Å². The summed E-state index contributed by atoms with van der Waals surface area (Å²) in [4.78, 5) is 11.8. The van der Waals surface area contributed by atoms with Gasteiger partial charge < -0.3 is 5.32 Å². The largest absolute Gasteiger partial charge is 0.351 e. The quantitative estimate of drug-likeness (QED) is 0.847. The molecule has 1 amide bonds. The van der Waals surface area contributed by atoms with E-state index in [-0.39, 0.29) is 15.8 Å². The zero-order chi connectivity index (χ0) is 12.4. The van der Waals surface area contributed by atoms with Gasteiger partial charge in [0.25, 0.3) is 5.91 Å². The number of benzene rings is 1. The highest BCUT2D eigenvalue weighted by Crippen LogP contribution is 2.35. The van der Waals surface area contributed by atoms with Crippen molar-refractivity contribution >= 4 is 33.4 Å². The first-order chi connectivity index (χ1) is 8.09. The second kappa shape index (κ2) is 5.36. The molecule has 0 aromatic heterocycles. The summed E-state index contributed by atoms with van der Waals surface area (Å²) in [7, 11) is 0. The van der Waals surface area contributed by atoms with Crippen LogP contribution >= 0.6 is 27.5 Å². The Balaban J connectivity index is 1.96. The maximum atomic E-state index is 13.2. The van der Waals surface area contributed by atoms with Crippen LogP contribution in [-0.4, -0.2) is 17.8 Å². The molecule has 1 N–H and O–H groups in total. The van der Waals surface area contributed by atoms with Crippen LogP contribution in [0.2, 0.25) is 0 Å². The lowest BCUT2D eigenvalue weighted by molar-refractivity contribution is 0.0951. The second-order valence-electron chi connectivity index (χ2n) is 4.16. The number of hydrogen-bond donors (Lipinski definition) is 1. The summed E-state index contributed by atoms with van der Waals surface area (Å²) in [5, 5.41) is 2.70. The van der Waals surface area contributed by atoms with Gasteiger partial charge in [-0.1, -0.05) is 6.07 Å². The summed E-state index contributed by atoms with van der Waals surface area (Å²) in [5.41, 5.74) is 0.296. The van der Waals surface area contributed by atoms with Crippen LogP contribution < -0.4 is 5.32 Å². The Labute approximate surface area is 113 Å². The van der Waals surface area contributed by atoms with E-state index in [1.165, 1.54) is 12.1 Å². The number of halogens is 3. The minimum absolute atomic E-state index is 0.0220. The molecule has 1 aliphatic rings. The van der Waals surface area contributed by atoms with Crippen molar-refractivity contribution in [3.63, 3.8) is 0 Å². The summed E-state index contributed by atoms with van der Waals surface area (Å²) < 4.78 is 13.4. The van der Waals surface area contributed by atoms with Crippen molar-refractivity contribution in [3.8, 4) is 0 Å². The minimum Gasteiger partial charge on any atom is -0.351 e. The molecule has 1 aliphatic carbocycles. The summed E-state index contributed by atoms with van der Waals surface area (Å²) in [5.74, 6) is -0.224. The molecular weight excluding hydrogens is 308 g/mol. The summed E-state index contributed by atoms with van der Waals surface area (Å²) in [6.07, 6.45) is 2.27. The maximum Gasteiger partial charge on any atom is 0.252 e. The third kappa shape index (κ3) is 3.19.